The van der Waals surface area contributed by atoms with Gasteiger partial charge in [0.15, 0.2) is 16.6 Å². The second kappa shape index (κ2) is 29.3. The Bertz CT molecular complexity index is 867. The lowest BCUT2D eigenvalue weighted by Gasteiger charge is -2.38. The maximum atomic E-state index is 10.5. The van der Waals surface area contributed by atoms with Gasteiger partial charge in [-0.25, -0.2) is 0 Å². The van der Waals surface area contributed by atoms with Crippen molar-refractivity contribution in [2.75, 3.05) is 175 Å². The molecule has 0 aromatic rings. The molecule has 0 aliphatic carbocycles. The van der Waals surface area contributed by atoms with E-state index in [1.54, 1.807) is 0 Å². The van der Waals surface area contributed by atoms with Crippen LogP contribution in [0, 0.1) is 0 Å². The number of ether oxygens (including phenoxy) is 6. The number of aliphatic hydroxyl groups excluding tert-OH is 2. The molecule has 0 heterocycles. The molecule has 332 valence electrons. The molecule has 0 fully saturated rings. The van der Waals surface area contributed by atoms with E-state index in [2.05, 4.69) is 77.3 Å². The molecule has 55 heavy (non-hydrogen) atoms. The standard InChI is InChI=1S/C38H90N4O10Si3/c1-39(2)17-23-47-25-19-41(5,6)33-37(43)35-49-29-27-45-21-15-31-53(9,10)51-55(13,14)52-54(11,12)32-16-22-46-28-30-50-36-38(44)34-42(7,8)20-26-48-24-18-40(3)4/h37-38,43-44H,15-36H2,1-14H3/q+2. The van der Waals surface area contributed by atoms with E-state index in [9.17, 15) is 10.2 Å². The molecule has 0 spiro atoms. The van der Waals surface area contributed by atoms with Crippen molar-refractivity contribution in [3.63, 3.8) is 0 Å². The third-order valence-electron chi connectivity index (χ3n) is 9.00. The number of rotatable bonds is 38. The van der Waals surface area contributed by atoms with Gasteiger partial charge < -0.3 is 65.6 Å². The zero-order valence-electron chi connectivity index (χ0n) is 38.2. The van der Waals surface area contributed by atoms with Crippen LogP contribution < -0.4 is 0 Å². The zero-order chi connectivity index (χ0) is 42.0. The molecule has 2 unspecified atom stereocenters. The van der Waals surface area contributed by atoms with E-state index in [4.69, 9.17) is 36.7 Å². The fourth-order valence-electron chi connectivity index (χ4n) is 6.28. The predicted molar refractivity (Wildman–Crippen MR) is 231 cm³/mol. The van der Waals surface area contributed by atoms with E-state index < -0.39 is 37.4 Å². The Morgan fingerprint density at radius 1 is 0.473 bits per heavy atom. The average Bonchev–Trinajstić information content (AvgIpc) is 3.01. The van der Waals surface area contributed by atoms with Crippen molar-refractivity contribution < 1.29 is 55.8 Å². The maximum Gasteiger partial charge on any atom is 0.311 e. The Morgan fingerprint density at radius 2 is 0.800 bits per heavy atom. The molecule has 17 heteroatoms. The number of quaternary nitrogens is 2. The van der Waals surface area contributed by atoms with E-state index in [0.717, 1.165) is 64.3 Å². The van der Waals surface area contributed by atoms with Crippen molar-refractivity contribution in [1.82, 2.24) is 9.80 Å². The van der Waals surface area contributed by atoms with E-state index in [-0.39, 0.29) is 0 Å². The molecule has 0 aliphatic heterocycles. The summed E-state index contributed by atoms with van der Waals surface area (Å²) >= 11 is 0. The highest BCUT2D eigenvalue weighted by Gasteiger charge is 2.39. The third-order valence-corrected chi connectivity index (χ3v) is 20.5. The molecule has 2 N–H and O–H groups in total. The van der Waals surface area contributed by atoms with Crippen molar-refractivity contribution in [2.24, 2.45) is 0 Å². The van der Waals surface area contributed by atoms with Crippen LogP contribution in [-0.2, 0) is 36.7 Å². The summed E-state index contributed by atoms with van der Waals surface area (Å²) in [6, 6.07) is 2.02. The van der Waals surface area contributed by atoms with Gasteiger partial charge in [-0.05, 0) is 92.4 Å². The molecule has 0 rings (SSSR count). The molecule has 0 amide bonds. The molecule has 0 bridgehead atoms. The first-order valence-electron chi connectivity index (χ1n) is 20.6. The summed E-state index contributed by atoms with van der Waals surface area (Å²) < 4.78 is 49.4. The highest BCUT2D eigenvalue weighted by molar-refractivity contribution is 6.87. The fourth-order valence-corrected chi connectivity index (χ4v) is 20.3. The quantitative estimate of drug-likeness (QED) is 0.0541. The summed E-state index contributed by atoms with van der Waals surface area (Å²) in [4.78, 5) is 4.21. The van der Waals surface area contributed by atoms with Crippen molar-refractivity contribution in [3.8, 4) is 0 Å². The largest absolute Gasteiger partial charge is 0.437 e. The molecule has 2 atom stereocenters. The van der Waals surface area contributed by atoms with Crippen molar-refractivity contribution in [1.29, 1.82) is 0 Å². The highest BCUT2D eigenvalue weighted by atomic mass is 28.5. The molecule has 0 aromatic heterocycles. The normalized spacial score (nSPS) is 14.7. The van der Waals surface area contributed by atoms with Gasteiger partial charge >= 0.3 is 8.56 Å². The van der Waals surface area contributed by atoms with E-state index in [0.29, 0.717) is 88.1 Å². The van der Waals surface area contributed by atoms with Crippen molar-refractivity contribution >= 4 is 25.2 Å². The Balaban J connectivity index is 4.08. The number of aliphatic hydroxyl groups is 2. The summed E-state index contributed by atoms with van der Waals surface area (Å²) in [5.74, 6) is 0. The van der Waals surface area contributed by atoms with E-state index in [1.807, 2.05) is 28.2 Å². The van der Waals surface area contributed by atoms with Gasteiger partial charge in [-0.15, -0.1) is 0 Å². The summed E-state index contributed by atoms with van der Waals surface area (Å²) in [5.41, 5.74) is 0. The van der Waals surface area contributed by atoms with Crippen LogP contribution in [0.5, 0.6) is 0 Å². The lowest BCUT2D eigenvalue weighted by molar-refractivity contribution is -0.893. The minimum atomic E-state index is -2.30. The topological polar surface area (TPSA) is 121 Å². The van der Waals surface area contributed by atoms with Crippen LogP contribution in [0.3, 0.4) is 0 Å². The minimum absolute atomic E-state index is 0.307. The summed E-state index contributed by atoms with van der Waals surface area (Å²) in [6.45, 7) is 24.9. The molecule has 0 aromatic carbocycles. The monoisotopic (exact) mass is 847 g/mol. The van der Waals surface area contributed by atoms with Gasteiger partial charge in [-0.3, -0.25) is 0 Å². The van der Waals surface area contributed by atoms with Crippen LogP contribution in [0.1, 0.15) is 12.8 Å². The lowest BCUT2D eigenvalue weighted by atomic mass is 10.3. The summed E-state index contributed by atoms with van der Waals surface area (Å²) in [6.07, 6.45) is 0.844. The van der Waals surface area contributed by atoms with Gasteiger partial charge in [0, 0.05) is 26.3 Å². The van der Waals surface area contributed by atoms with Crippen LogP contribution in [0.25, 0.3) is 0 Å². The second-order valence-electron chi connectivity index (χ2n) is 18.5. The van der Waals surface area contributed by atoms with Gasteiger partial charge in [-0.2, -0.15) is 0 Å². The van der Waals surface area contributed by atoms with Crippen LogP contribution >= 0.6 is 0 Å². The van der Waals surface area contributed by atoms with Crippen molar-refractivity contribution in [3.05, 3.63) is 0 Å². The first-order chi connectivity index (χ1) is 25.4. The summed E-state index contributed by atoms with van der Waals surface area (Å²) in [7, 11) is 10.4. The van der Waals surface area contributed by atoms with Crippen LogP contribution in [0.2, 0.25) is 51.4 Å². The summed E-state index contributed by atoms with van der Waals surface area (Å²) in [5, 5.41) is 20.9. The lowest BCUT2D eigenvalue weighted by Crippen LogP contribution is -2.52. The molecule has 0 saturated carbocycles. The Hall–Kier alpha value is 0.0906. The first kappa shape index (κ1) is 55.1. The average molecular weight is 847 g/mol. The van der Waals surface area contributed by atoms with E-state index >= 15 is 0 Å². The van der Waals surface area contributed by atoms with Gasteiger partial charge in [0.2, 0.25) is 0 Å². The fraction of sp³-hybridized carbons (Fsp3) is 1.00. The number of likely N-dealkylation sites (N-methyl/N-ethyl adjacent to an activating group) is 4. The third kappa shape index (κ3) is 35.7. The molecule has 0 saturated heterocycles. The number of nitrogens with zero attached hydrogens (tertiary/aromatic N) is 4. The Kier molecular flexibility index (Phi) is 29.4. The first-order valence-corrected chi connectivity index (χ1v) is 29.7. The molecule has 0 radical (unpaired) electrons. The maximum absolute atomic E-state index is 10.5. The van der Waals surface area contributed by atoms with E-state index in [1.165, 1.54) is 0 Å². The van der Waals surface area contributed by atoms with Crippen LogP contribution in [0.4, 0.5) is 0 Å². The SMILES string of the molecule is CN(C)CCOCC[N+](C)(C)CC(O)COCCOCCC[Si](C)(C)O[Si](C)(C)O[Si](C)(C)CCCOCCOCC(O)C[N+](C)(C)CCOCCN(C)C. The van der Waals surface area contributed by atoms with Crippen LogP contribution in [0.15, 0.2) is 0 Å². The molecular formula is C38H90N4O10Si3+2. The van der Waals surface area contributed by atoms with Gasteiger partial charge in [0.25, 0.3) is 0 Å². The number of hydrogen-bond acceptors (Lipinski definition) is 12. The Labute approximate surface area is 341 Å². The molecule has 14 nitrogen and oxygen atoms in total. The van der Waals surface area contributed by atoms with Gasteiger partial charge in [0.05, 0.1) is 94.3 Å². The molecular weight excluding hydrogens is 757 g/mol. The zero-order valence-corrected chi connectivity index (χ0v) is 41.2. The Morgan fingerprint density at radius 3 is 1.15 bits per heavy atom. The second-order valence-corrected chi connectivity index (χ2v) is 31.0. The highest BCUT2D eigenvalue weighted by Crippen LogP contribution is 2.26. The van der Waals surface area contributed by atoms with Crippen LogP contribution in [-0.4, -0.2) is 241 Å². The van der Waals surface area contributed by atoms with Crippen molar-refractivity contribution in [2.45, 2.75) is 76.4 Å². The van der Waals surface area contributed by atoms with Gasteiger partial charge in [-0.1, -0.05) is 0 Å². The predicted octanol–water partition coefficient (Wildman–Crippen LogP) is 3.01. The molecule has 0 aliphatic rings. The van der Waals surface area contributed by atoms with Gasteiger partial charge in [0.1, 0.15) is 38.4 Å². The smallest absolute Gasteiger partial charge is 0.311 e. The number of hydrogen-bond donors (Lipinski definition) is 2. The minimum Gasteiger partial charge on any atom is -0.437 e.